The van der Waals surface area contributed by atoms with Crippen molar-refractivity contribution in [2.45, 2.75) is 12.2 Å². The van der Waals surface area contributed by atoms with Gasteiger partial charge in [-0.25, -0.2) is 13.2 Å². The highest BCUT2D eigenvalue weighted by Crippen LogP contribution is 2.30. The van der Waals surface area contributed by atoms with Crippen molar-refractivity contribution in [2.75, 3.05) is 24.8 Å². The maximum atomic E-state index is 12.9. The van der Waals surface area contributed by atoms with Gasteiger partial charge in [-0.15, -0.1) is 0 Å². The number of esters is 1. The van der Waals surface area contributed by atoms with Crippen molar-refractivity contribution >= 4 is 27.4 Å². The normalized spacial score (nSPS) is 13.4. The van der Waals surface area contributed by atoms with Gasteiger partial charge in [0.1, 0.15) is 0 Å². The molecule has 1 aliphatic rings. The first-order chi connectivity index (χ1) is 12.3. The quantitative estimate of drug-likeness (QED) is 0.768. The minimum atomic E-state index is -3.17. The van der Waals surface area contributed by atoms with E-state index in [9.17, 15) is 18.0 Å². The molecule has 6 nitrogen and oxygen atoms in total. The van der Waals surface area contributed by atoms with Gasteiger partial charge in [0.05, 0.1) is 18.4 Å². The van der Waals surface area contributed by atoms with Crippen LogP contribution < -0.4 is 4.90 Å². The van der Waals surface area contributed by atoms with E-state index in [4.69, 9.17) is 4.74 Å². The van der Waals surface area contributed by atoms with Crippen molar-refractivity contribution in [1.29, 1.82) is 0 Å². The third-order valence-corrected chi connectivity index (χ3v) is 5.10. The Labute approximate surface area is 152 Å². The smallest absolute Gasteiger partial charge is 0.337 e. The van der Waals surface area contributed by atoms with E-state index in [0.29, 0.717) is 29.7 Å². The number of benzene rings is 2. The number of anilines is 1. The zero-order valence-electron chi connectivity index (χ0n) is 14.6. The molecule has 0 radical (unpaired) electrons. The SMILES string of the molecule is COC(=O)c1ccc2c(c1)CCN2C(=O)c1cccc(CS(C)(=O)=O)c1. The van der Waals surface area contributed by atoms with Crippen molar-refractivity contribution in [3.05, 3.63) is 64.7 Å². The van der Waals surface area contributed by atoms with Crippen LogP contribution >= 0.6 is 0 Å². The molecule has 0 saturated carbocycles. The topological polar surface area (TPSA) is 80.8 Å². The first-order valence-corrected chi connectivity index (χ1v) is 10.1. The number of sulfone groups is 1. The standard InChI is InChI=1S/C19H19NO5S/c1-25-19(22)16-6-7-17-14(11-16)8-9-20(17)18(21)15-5-3-4-13(10-15)12-26(2,23)24/h3-7,10-11H,8-9,12H2,1-2H3. The molecule has 0 atom stereocenters. The largest absolute Gasteiger partial charge is 0.465 e. The number of nitrogens with zero attached hydrogens (tertiary/aromatic N) is 1. The molecule has 0 aliphatic carbocycles. The van der Waals surface area contributed by atoms with E-state index in [1.807, 2.05) is 0 Å². The van der Waals surface area contributed by atoms with Gasteiger partial charge in [-0.1, -0.05) is 12.1 Å². The summed E-state index contributed by atoms with van der Waals surface area (Å²) in [5.41, 5.74) is 3.15. The molecule has 26 heavy (non-hydrogen) atoms. The molecule has 2 aromatic carbocycles. The van der Waals surface area contributed by atoms with E-state index in [-0.39, 0.29) is 11.7 Å². The number of amides is 1. The van der Waals surface area contributed by atoms with Crippen molar-refractivity contribution in [1.82, 2.24) is 0 Å². The molecule has 1 amide bonds. The maximum Gasteiger partial charge on any atom is 0.337 e. The zero-order chi connectivity index (χ0) is 18.9. The number of fused-ring (bicyclic) bond motifs is 1. The number of carbonyl (C=O) groups excluding carboxylic acids is 2. The van der Waals surface area contributed by atoms with Crippen molar-refractivity contribution in [3.8, 4) is 0 Å². The highest BCUT2D eigenvalue weighted by molar-refractivity contribution is 7.89. The molecule has 0 spiro atoms. The molecule has 0 saturated heterocycles. The molecule has 1 heterocycles. The Bertz CT molecular complexity index is 981. The minimum absolute atomic E-state index is 0.104. The van der Waals surface area contributed by atoms with Crippen LogP contribution in [0.2, 0.25) is 0 Å². The maximum absolute atomic E-state index is 12.9. The molecule has 0 aromatic heterocycles. The second kappa shape index (κ2) is 6.92. The monoisotopic (exact) mass is 373 g/mol. The molecule has 136 valence electrons. The Balaban J connectivity index is 1.87. The minimum Gasteiger partial charge on any atom is -0.465 e. The lowest BCUT2D eigenvalue weighted by atomic mass is 10.1. The summed E-state index contributed by atoms with van der Waals surface area (Å²) in [4.78, 5) is 26.2. The van der Waals surface area contributed by atoms with E-state index in [0.717, 1.165) is 17.5 Å². The molecule has 7 heteroatoms. The number of hydrogen-bond donors (Lipinski definition) is 0. The fourth-order valence-electron chi connectivity index (χ4n) is 3.11. The van der Waals surface area contributed by atoms with Crippen LogP contribution in [0, 0.1) is 0 Å². The molecule has 0 unspecified atom stereocenters. The summed E-state index contributed by atoms with van der Waals surface area (Å²) in [5, 5.41) is 0. The lowest BCUT2D eigenvalue weighted by Crippen LogP contribution is -2.29. The Morgan fingerprint density at radius 3 is 2.58 bits per heavy atom. The average molecular weight is 373 g/mol. The molecule has 0 bridgehead atoms. The van der Waals surface area contributed by atoms with Crippen LogP contribution in [0.15, 0.2) is 42.5 Å². The van der Waals surface area contributed by atoms with Gasteiger partial charge in [-0.2, -0.15) is 0 Å². The Morgan fingerprint density at radius 1 is 1.12 bits per heavy atom. The number of methoxy groups -OCH3 is 1. The number of carbonyl (C=O) groups is 2. The number of hydrogen-bond acceptors (Lipinski definition) is 5. The van der Waals surface area contributed by atoms with Gasteiger partial charge < -0.3 is 9.64 Å². The van der Waals surface area contributed by atoms with Crippen LogP contribution in [0.3, 0.4) is 0 Å². The van der Waals surface area contributed by atoms with Crippen LogP contribution in [-0.2, 0) is 26.7 Å². The predicted octanol–water partition coefficient (Wildman–Crippen LogP) is 2.22. The molecule has 3 rings (SSSR count). The first kappa shape index (κ1) is 18.1. The third kappa shape index (κ3) is 3.77. The highest BCUT2D eigenvalue weighted by Gasteiger charge is 2.26. The van der Waals surface area contributed by atoms with E-state index in [1.165, 1.54) is 7.11 Å². The fourth-order valence-corrected chi connectivity index (χ4v) is 3.90. The zero-order valence-corrected chi connectivity index (χ0v) is 15.4. The summed E-state index contributed by atoms with van der Waals surface area (Å²) >= 11 is 0. The summed E-state index contributed by atoms with van der Waals surface area (Å²) in [6.45, 7) is 0.509. The van der Waals surface area contributed by atoms with Gasteiger partial charge >= 0.3 is 5.97 Å². The second-order valence-electron chi connectivity index (χ2n) is 6.31. The highest BCUT2D eigenvalue weighted by atomic mass is 32.2. The van der Waals surface area contributed by atoms with Gasteiger partial charge in [0.2, 0.25) is 0 Å². The summed E-state index contributed by atoms with van der Waals surface area (Å²) in [6.07, 6.45) is 1.81. The third-order valence-electron chi connectivity index (χ3n) is 4.24. The van der Waals surface area contributed by atoms with Crippen LogP contribution in [0.5, 0.6) is 0 Å². The summed E-state index contributed by atoms with van der Waals surface area (Å²) in [5.74, 6) is -0.705. The second-order valence-corrected chi connectivity index (χ2v) is 8.45. The van der Waals surface area contributed by atoms with Crippen LogP contribution in [0.1, 0.15) is 31.8 Å². The predicted molar refractivity (Wildman–Crippen MR) is 98.2 cm³/mol. The lowest BCUT2D eigenvalue weighted by Gasteiger charge is -2.18. The van der Waals surface area contributed by atoms with E-state index >= 15 is 0 Å². The lowest BCUT2D eigenvalue weighted by molar-refractivity contribution is 0.0600. The molecule has 0 fully saturated rings. The average Bonchev–Trinajstić information content (AvgIpc) is 3.02. The Kier molecular flexibility index (Phi) is 4.82. The van der Waals surface area contributed by atoms with E-state index in [2.05, 4.69) is 0 Å². The van der Waals surface area contributed by atoms with E-state index in [1.54, 1.807) is 47.4 Å². The summed E-state index contributed by atoms with van der Waals surface area (Å²) < 4.78 is 27.7. The molecule has 0 N–H and O–H groups in total. The van der Waals surface area contributed by atoms with E-state index < -0.39 is 15.8 Å². The molecule has 1 aliphatic heterocycles. The van der Waals surface area contributed by atoms with Gasteiger partial charge in [0.25, 0.3) is 5.91 Å². The molecular weight excluding hydrogens is 354 g/mol. The van der Waals surface area contributed by atoms with Crippen molar-refractivity contribution in [2.24, 2.45) is 0 Å². The van der Waals surface area contributed by atoms with Gasteiger partial charge in [0, 0.05) is 24.1 Å². The van der Waals surface area contributed by atoms with Crippen molar-refractivity contribution < 1.29 is 22.7 Å². The van der Waals surface area contributed by atoms with Gasteiger partial charge in [-0.3, -0.25) is 4.79 Å². The number of rotatable bonds is 4. The van der Waals surface area contributed by atoms with Gasteiger partial charge in [0.15, 0.2) is 9.84 Å². The molecule has 2 aromatic rings. The summed E-state index contributed by atoms with van der Waals surface area (Å²) in [7, 11) is -1.84. The fraction of sp³-hybridized carbons (Fsp3) is 0.263. The Hall–Kier alpha value is -2.67. The summed E-state index contributed by atoms with van der Waals surface area (Å²) in [6, 6.07) is 11.8. The van der Waals surface area contributed by atoms with Crippen LogP contribution in [0.4, 0.5) is 5.69 Å². The molecular formula is C19H19NO5S. The van der Waals surface area contributed by atoms with Crippen molar-refractivity contribution in [3.63, 3.8) is 0 Å². The first-order valence-electron chi connectivity index (χ1n) is 8.08. The number of ether oxygens (including phenoxy) is 1. The Morgan fingerprint density at radius 2 is 1.88 bits per heavy atom. The van der Waals surface area contributed by atoms with Crippen LogP contribution in [0.25, 0.3) is 0 Å². The van der Waals surface area contributed by atoms with Crippen LogP contribution in [-0.4, -0.2) is 40.2 Å². The van der Waals surface area contributed by atoms with Gasteiger partial charge in [-0.05, 0) is 47.9 Å².